The van der Waals surface area contributed by atoms with Crippen molar-refractivity contribution in [1.29, 1.82) is 0 Å². The summed E-state index contributed by atoms with van der Waals surface area (Å²) in [5.41, 5.74) is 9.97. The van der Waals surface area contributed by atoms with Crippen molar-refractivity contribution >= 4 is 29.3 Å². The molecular weight excluding hydrogens is 323 g/mol. The van der Waals surface area contributed by atoms with E-state index in [1.165, 1.54) is 38.4 Å². The molecule has 0 spiro atoms. The topological polar surface area (TPSA) is 24.1 Å². The Labute approximate surface area is 154 Å². The zero-order valence-electron chi connectivity index (χ0n) is 14.7. The number of fused-ring (bicyclic) bond motifs is 3. The van der Waals surface area contributed by atoms with E-state index in [2.05, 4.69) is 53.7 Å². The van der Waals surface area contributed by atoms with Crippen LogP contribution in [0.2, 0.25) is 0 Å². The van der Waals surface area contributed by atoms with E-state index >= 15 is 0 Å². The Morgan fingerprint density at radius 2 is 2.24 bits per heavy atom. The van der Waals surface area contributed by atoms with Crippen molar-refractivity contribution in [3.05, 3.63) is 68.8 Å². The first-order chi connectivity index (χ1) is 12.2. The van der Waals surface area contributed by atoms with Gasteiger partial charge in [0.2, 0.25) is 0 Å². The molecule has 0 saturated heterocycles. The van der Waals surface area contributed by atoms with Crippen molar-refractivity contribution in [1.82, 2.24) is 10.6 Å². The molecule has 0 fully saturated rings. The van der Waals surface area contributed by atoms with Crippen LogP contribution in [-0.4, -0.2) is 19.2 Å². The molecule has 4 heterocycles. The standard InChI is InChI=1S/C21H23BN2S/c1-13(2)15-5-3-4-14-8-21-22(9-17(14)15)10-19(24-21)18-12-25-20-11-23-7-6-16(18)20/h3-5,10,12,21,23-24H,1,6-9,11H2,2H3. The number of nitrogens with one attached hydrogen (secondary N) is 2. The number of hydrogen-bond donors (Lipinski definition) is 2. The minimum absolute atomic E-state index is 0.542. The van der Waals surface area contributed by atoms with Gasteiger partial charge in [-0.2, -0.15) is 0 Å². The molecule has 1 aromatic heterocycles. The number of allylic oxidation sites excluding steroid dienone is 1. The van der Waals surface area contributed by atoms with Gasteiger partial charge in [0.25, 0.3) is 0 Å². The van der Waals surface area contributed by atoms with Crippen LogP contribution in [0, 0.1) is 0 Å². The molecule has 126 valence electrons. The fourth-order valence-corrected chi connectivity index (χ4v) is 5.75. The molecule has 2 nitrogen and oxygen atoms in total. The van der Waals surface area contributed by atoms with Crippen LogP contribution < -0.4 is 10.6 Å². The molecule has 1 aromatic carbocycles. The van der Waals surface area contributed by atoms with Gasteiger partial charge in [-0.15, -0.1) is 11.3 Å². The molecule has 0 radical (unpaired) electrons. The number of hydrogen-bond acceptors (Lipinski definition) is 3. The summed E-state index contributed by atoms with van der Waals surface area (Å²) in [6.07, 6.45) is 3.41. The zero-order valence-corrected chi connectivity index (χ0v) is 15.5. The van der Waals surface area contributed by atoms with Gasteiger partial charge in [-0.25, -0.2) is 0 Å². The molecule has 25 heavy (non-hydrogen) atoms. The first kappa shape index (κ1) is 15.5. The molecule has 4 heteroatoms. The van der Waals surface area contributed by atoms with Crippen LogP contribution in [0.25, 0.3) is 11.3 Å². The summed E-state index contributed by atoms with van der Waals surface area (Å²) in [5.74, 6) is 3.05. The van der Waals surface area contributed by atoms with E-state index in [0.717, 1.165) is 32.3 Å². The maximum atomic E-state index is 4.19. The molecule has 5 rings (SSSR count). The monoisotopic (exact) mass is 346 g/mol. The largest absolute Gasteiger partial charge is 0.389 e. The maximum absolute atomic E-state index is 4.19. The second kappa shape index (κ2) is 5.89. The Balaban J connectivity index is 1.48. The Morgan fingerprint density at radius 1 is 1.32 bits per heavy atom. The third kappa shape index (κ3) is 2.51. The van der Waals surface area contributed by atoms with Crippen molar-refractivity contribution in [3.63, 3.8) is 0 Å². The fraction of sp³-hybridized carbons (Fsp3) is 0.333. The summed E-state index contributed by atoms with van der Waals surface area (Å²) in [6.45, 7) is 9.05. The molecule has 2 aromatic rings. The van der Waals surface area contributed by atoms with Gasteiger partial charge in [0.15, 0.2) is 6.71 Å². The minimum Gasteiger partial charge on any atom is -0.389 e. The van der Waals surface area contributed by atoms with Crippen molar-refractivity contribution in [2.24, 2.45) is 0 Å². The van der Waals surface area contributed by atoms with Crippen LogP contribution in [0.3, 0.4) is 0 Å². The van der Waals surface area contributed by atoms with Crippen molar-refractivity contribution < 1.29 is 0 Å². The van der Waals surface area contributed by atoms with Crippen molar-refractivity contribution in [2.45, 2.75) is 38.6 Å². The van der Waals surface area contributed by atoms with E-state index in [-0.39, 0.29) is 0 Å². The number of rotatable bonds is 2. The predicted molar refractivity (Wildman–Crippen MR) is 109 cm³/mol. The van der Waals surface area contributed by atoms with Gasteiger partial charge in [0.05, 0.1) is 0 Å². The average Bonchev–Trinajstić information content (AvgIpc) is 3.22. The van der Waals surface area contributed by atoms with Crippen LogP contribution in [0.15, 0.2) is 36.1 Å². The Bertz CT molecular complexity index is 895. The second-order valence-electron chi connectivity index (χ2n) is 7.60. The number of benzene rings is 1. The smallest absolute Gasteiger partial charge is 0.199 e. The fourth-order valence-electron chi connectivity index (χ4n) is 4.68. The first-order valence-electron chi connectivity index (χ1n) is 9.26. The normalized spacial score (nSPS) is 21.1. The van der Waals surface area contributed by atoms with E-state index < -0.39 is 0 Å². The lowest BCUT2D eigenvalue weighted by Crippen LogP contribution is -2.42. The third-order valence-electron chi connectivity index (χ3n) is 5.96. The van der Waals surface area contributed by atoms with E-state index in [1.807, 2.05) is 11.3 Å². The summed E-state index contributed by atoms with van der Waals surface area (Å²) in [7, 11) is 0. The molecule has 2 N–H and O–H groups in total. The molecule has 0 amide bonds. The quantitative estimate of drug-likeness (QED) is 0.811. The highest BCUT2D eigenvalue weighted by Crippen LogP contribution is 2.36. The van der Waals surface area contributed by atoms with Crippen LogP contribution in [0.5, 0.6) is 0 Å². The van der Waals surface area contributed by atoms with E-state index in [1.54, 1.807) is 5.56 Å². The number of thiophene rings is 1. The highest BCUT2D eigenvalue weighted by Gasteiger charge is 2.37. The van der Waals surface area contributed by atoms with Crippen LogP contribution >= 0.6 is 11.3 Å². The Hall–Kier alpha value is -1.78. The first-order valence-corrected chi connectivity index (χ1v) is 10.1. The molecule has 3 aliphatic heterocycles. The van der Waals surface area contributed by atoms with Crippen molar-refractivity contribution in [3.8, 4) is 0 Å². The maximum Gasteiger partial charge on any atom is 0.199 e. The summed E-state index contributed by atoms with van der Waals surface area (Å²) in [5, 5.41) is 9.71. The van der Waals surface area contributed by atoms with Gasteiger partial charge in [-0.1, -0.05) is 36.3 Å². The van der Waals surface area contributed by atoms with Gasteiger partial charge >= 0.3 is 0 Å². The summed E-state index contributed by atoms with van der Waals surface area (Å²) < 4.78 is 0. The van der Waals surface area contributed by atoms with Crippen molar-refractivity contribution in [2.75, 3.05) is 6.54 Å². The summed E-state index contributed by atoms with van der Waals surface area (Å²) >= 11 is 1.91. The van der Waals surface area contributed by atoms with Gasteiger partial charge in [0, 0.05) is 34.0 Å². The molecule has 1 atom stereocenters. The average molecular weight is 346 g/mol. The molecule has 1 unspecified atom stereocenters. The lowest BCUT2D eigenvalue weighted by atomic mass is 9.39. The van der Waals surface area contributed by atoms with Crippen LogP contribution in [0.1, 0.15) is 39.6 Å². The molecule has 0 aliphatic carbocycles. The third-order valence-corrected chi connectivity index (χ3v) is 6.99. The second-order valence-corrected chi connectivity index (χ2v) is 8.57. The minimum atomic E-state index is 0.542. The van der Waals surface area contributed by atoms with Gasteiger partial charge in [0.1, 0.15) is 0 Å². The van der Waals surface area contributed by atoms with Gasteiger partial charge in [-0.3, -0.25) is 0 Å². The SMILES string of the molecule is C=C(C)c1cccc2c1CB1C=C(c3csc4c3CCNC4)NC1C2. The van der Waals surface area contributed by atoms with E-state index in [0.29, 0.717) is 12.7 Å². The molecular formula is C21H23BN2S. The zero-order chi connectivity index (χ0) is 17.0. The van der Waals surface area contributed by atoms with Crippen LogP contribution in [-0.2, 0) is 25.7 Å². The van der Waals surface area contributed by atoms with E-state index in [9.17, 15) is 0 Å². The molecule has 3 aliphatic rings. The highest BCUT2D eigenvalue weighted by atomic mass is 32.1. The van der Waals surface area contributed by atoms with Crippen LogP contribution in [0.4, 0.5) is 0 Å². The van der Waals surface area contributed by atoms with Gasteiger partial charge < -0.3 is 10.6 Å². The summed E-state index contributed by atoms with van der Waals surface area (Å²) in [4.78, 5) is 1.52. The lowest BCUT2D eigenvalue weighted by molar-refractivity contribution is 0.653. The van der Waals surface area contributed by atoms with Gasteiger partial charge in [-0.05, 0) is 54.9 Å². The summed E-state index contributed by atoms with van der Waals surface area (Å²) in [6, 6.07) is 6.72. The Kier molecular flexibility index (Phi) is 3.65. The predicted octanol–water partition coefficient (Wildman–Crippen LogP) is 3.65. The van der Waals surface area contributed by atoms with E-state index in [4.69, 9.17) is 0 Å². The highest BCUT2D eigenvalue weighted by molar-refractivity contribution is 7.10. The molecule has 0 saturated carbocycles. The Morgan fingerprint density at radius 3 is 3.12 bits per heavy atom. The molecule has 0 bridgehead atoms. The lowest BCUT2D eigenvalue weighted by Gasteiger charge is -2.28.